The highest BCUT2D eigenvalue weighted by Crippen LogP contribution is 2.31. The summed E-state index contributed by atoms with van der Waals surface area (Å²) in [5.41, 5.74) is 5.33. The van der Waals surface area contributed by atoms with Crippen LogP contribution in [0.2, 0.25) is 0 Å². The van der Waals surface area contributed by atoms with Gasteiger partial charge in [0.05, 0.1) is 28.0 Å². The average Bonchev–Trinajstić information content (AvgIpc) is 2.99. The first-order valence-corrected chi connectivity index (χ1v) is 13.0. The molecule has 41 heavy (non-hydrogen) atoms. The molecule has 1 aliphatic rings. The summed E-state index contributed by atoms with van der Waals surface area (Å²) in [6, 6.07) is 31.1. The quantitative estimate of drug-likeness (QED) is 0.102. The molecule has 1 saturated heterocycles. The molecular weight excluding hydrogens is 536 g/mol. The Balaban J connectivity index is 1.27. The molecule has 1 fully saturated rings. The van der Waals surface area contributed by atoms with E-state index in [9.17, 15) is 14.4 Å². The van der Waals surface area contributed by atoms with Gasteiger partial charge in [0.2, 0.25) is 0 Å². The van der Waals surface area contributed by atoms with Gasteiger partial charge < -0.3 is 4.74 Å². The lowest BCUT2D eigenvalue weighted by Crippen LogP contribution is -2.51. The summed E-state index contributed by atoms with van der Waals surface area (Å²) < 4.78 is 5.58. The van der Waals surface area contributed by atoms with Gasteiger partial charge in [0, 0.05) is 11.1 Å². The number of nitrogens with zero attached hydrogens (tertiary/aromatic N) is 2. The van der Waals surface area contributed by atoms with E-state index in [1.807, 2.05) is 60.7 Å². The normalized spacial score (nSPS) is 13.0. The Hall–Kier alpha value is -5.54. The number of esters is 1. The van der Waals surface area contributed by atoms with E-state index < -0.39 is 17.8 Å². The first-order valence-electron chi connectivity index (χ1n) is 12.6. The Kier molecular flexibility index (Phi) is 6.85. The number of benzene rings is 4. The number of hydrogen-bond donors (Lipinski definition) is 2. The predicted molar refractivity (Wildman–Crippen MR) is 159 cm³/mol. The van der Waals surface area contributed by atoms with Crippen LogP contribution in [0.5, 0.6) is 5.75 Å². The lowest BCUT2D eigenvalue weighted by Gasteiger charge is -2.16. The molecule has 198 valence electrons. The molecular formula is C32H20N4O4S. The number of hydrogen-bond acceptors (Lipinski definition) is 7. The van der Waals surface area contributed by atoms with E-state index in [0.717, 1.165) is 16.8 Å². The minimum absolute atomic E-state index is 0.0352. The Morgan fingerprint density at radius 3 is 1.85 bits per heavy atom. The van der Waals surface area contributed by atoms with Crippen molar-refractivity contribution in [1.82, 2.24) is 20.6 Å². The molecule has 0 unspecified atom stereocenters. The smallest absolute Gasteiger partial charge is 0.343 e. The maximum absolute atomic E-state index is 13.0. The molecule has 8 nitrogen and oxygen atoms in total. The van der Waals surface area contributed by atoms with Crippen LogP contribution in [0.4, 0.5) is 0 Å². The number of nitrogens with one attached hydrogen (secondary N) is 2. The van der Waals surface area contributed by atoms with Crippen LogP contribution in [-0.2, 0) is 9.59 Å². The van der Waals surface area contributed by atoms with Crippen LogP contribution < -0.4 is 15.4 Å². The molecule has 0 spiro atoms. The summed E-state index contributed by atoms with van der Waals surface area (Å²) in [6.07, 6.45) is 1.42. The third-order valence-electron chi connectivity index (χ3n) is 6.34. The second-order valence-electron chi connectivity index (χ2n) is 9.11. The van der Waals surface area contributed by atoms with E-state index in [1.165, 1.54) is 6.08 Å². The summed E-state index contributed by atoms with van der Waals surface area (Å²) in [4.78, 5) is 47.0. The van der Waals surface area contributed by atoms with Crippen LogP contribution in [0, 0.1) is 0 Å². The van der Waals surface area contributed by atoms with Gasteiger partial charge in [-0.3, -0.25) is 20.2 Å². The molecule has 1 aromatic heterocycles. The fourth-order valence-corrected chi connectivity index (χ4v) is 4.53. The summed E-state index contributed by atoms with van der Waals surface area (Å²) in [6.45, 7) is 0. The SMILES string of the molecule is O=C1NC(=S)NC(=O)C1=Cc1ccc(OC(=O)c2ccc3nc(-c4ccccc4)c(-c4ccccc4)nc3c2)cc1. The number of ether oxygens (including phenoxy) is 1. The van der Waals surface area contributed by atoms with Crippen LogP contribution in [0.1, 0.15) is 15.9 Å². The molecule has 0 bridgehead atoms. The van der Waals surface area contributed by atoms with Crippen molar-refractivity contribution in [2.75, 3.05) is 0 Å². The summed E-state index contributed by atoms with van der Waals surface area (Å²) in [5, 5.41) is 4.74. The summed E-state index contributed by atoms with van der Waals surface area (Å²) in [7, 11) is 0. The molecule has 0 atom stereocenters. The zero-order valence-corrected chi connectivity index (χ0v) is 22.1. The lowest BCUT2D eigenvalue weighted by atomic mass is 10.0. The van der Waals surface area contributed by atoms with E-state index in [0.29, 0.717) is 33.6 Å². The Morgan fingerprint density at radius 1 is 0.707 bits per heavy atom. The maximum atomic E-state index is 13.0. The molecule has 2 N–H and O–H groups in total. The molecule has 0 radical (unpaired) electrons. The number of carbonyl (C=O) groups is 3. The van der Waals surface area contributed by atoms with Gasteiger partial charge in [-0.2, -0.15) is 0 Å². The largest absolute Gasteiger partial charge is 0.423 e. The molecule has 0 aliphatic carbocycles. The highest BCUT2D eigenvalue weighted by molar-refractivity contribution is 7.80. The minimum Gasteiger partial charge on any atom is -0.423 e. The third kappa shape index (κ3) is 5.47. The number of carbonyl (C=O) groups excluding carboxylic acids is 3. The number of aromatic nitrogens is 2. The number of fused-ring (bicyclic) bond motifs is 1. The maximum Gasteiger partial charge on any atom is 0.343 e. The molecule has 2 amide bonds. The zero-order chi connectivity index (χ0) is 28.3. The van der Waals surface area contributed by atoms with Gasteiger partial charge in [0.1, 0.15) is 11.3 Å². The van der Waals surface area contributed by atoms with Crippen LogP contribution in [0.15, 0.2) is 109 Å². The van der Waals surface area contributed by atoms with Crippen molar-refractivity contribution in [3.8, 4) is 28.3 Å². The van der Waals surface area contributed by atoms with Crippen LogP contribution in [0.25, 0.3) is 39.6 Å². The Morgan fingerprint density at radius 2 is 1.27 bits per heavy atom. The molecule has 5 aromatic rings. The number of thiocarbonyl (C=S) groups is 1. The van der Waals surface area contributed by atoms with Gasteiger partial charge >= 0.3 is 5.97 Å². The number of amides is 2. The van der Waals surface area contributed by atoms with E-state index in [1.54, 1.807) is 42.5 Å². The standard InChI is InChI=1S/C32H20N4O4S/c37-29-24(30(38)36-32(41)35-29)17-19-11-14-23(15-12-19)40-31(39)22-13-16-25-26(18-22)34-28(21-9-5-2-6-10-21)27(33-25)20-7-3-1-4-8-20/h1-18H,(H2,35,36,37,38,41). The molecule has 1 aliphatic heterocycles. The van der Waals surface area contributed by atoms with E-state index >= 15 is 0 Å². The topological polar surface area (TPSA) is 110 Å². The average molecular weight is 557 g/mol. The van der Waals surface area contributed by atoms with Gasteiger partial charge in [0.15, 0.2) is 5.11 Å². The summed E-state index contributed by atoms with van der Waals surface area (Å²) >= 11 is 4.81. The minimum atomic E-state index is -0.583. The molecule has 4 aromatic carbocycles. The second-order valence-corrected chi connectivity index (χ2v) is 9.52. The van der Waals surface area contributed by atoms with Crippen molar-refractivity contribution in [2.45, 2.75) is 0 Å². The zero-order valence-electron chi connectivity index (χ0n) is 21.3. The van der Waals surface area contributed by atoms with E-state index in [2.05, 4.69) is 10.6 Å². The molecule has 6 rings (SSSR count). The van der Waals surface area contributed by atoms with Crippen molar-refractivity contribution in [3.63, 3.8) is 0 Å². The monoisotopic (exact) mass is 556 g/mol. The Bertz CT molecular complexity index is 1850. The number of rotatable bonds is 5. The fraction of sp³-hybridized carbons (Fsp3) is 0. The van der Waals surface area contributed by atoms with Crippen LogP contribution in [-0.4, -0.2) is 32.9 Å². The van der Waals surface area contributed by atoms with Crippen molar-refractivity contribution in [1.29, 1.82) is 0 Å². The van der Waals surface area contributed by atoms with Crippen molar-refractivity contribution < 1.29 is 19.1 Å². The first-order chi connectivity index (χ1) is 19.9. The van der Waals surface area contributed by atoms with Crippen LogP contribution in [0.3, 0.4) is 0 Å². The van der Waals surface area contributed by atoms with Gasteiger partial charge in [0.25, 0.3) is 11.8 Å². The lowest BCUT2D eigenvalue weighted by molar-refractivity contribution is -0.123. The highest BCUT2D eigenvalue weighted by atomic mass is 32.1. The second kappa shape index (κ2) is 10.9. The first kappa shape index (κ1) is 25.7. The van der Waals surface area contributed by atoms with Gasteiger partial charge in [-0.05, 0) is 54.2 Å². The van der Waals surface area contributed by atoms with E-state index in [-0.39, 0.29) is 10.7 Å². The van der Waals surface area contributed by atoms with Crippen molar-refractivity contribution in [3.05, 3.63) is 120 Å². The third-order valence-corrected chi connectivity index (χ3v) is 6.54. The van der Waals surface area contributed by atoms with E-state index in [4.69, 9.17) is 26.9 Å². The molecule has 2 heterocycles. The van der Waals surface area contributed by atoms with Gasteiger partial charge in [-0.1, -0.05) is 72.8 Å². The summed E-state index contributed by atoms with van der Waals surface area (Å²) in [5.74, 6) is -1.43. The predicted octanol–water partition coefficient (Wildman–Crippen LogP) is 5.10. The molecule has 0 saturated carbocycles. The van der Waals surface area contributed by atoms with Gasteiger partial charge in [-0.25, -0.2) is 14.8 Å². The van der Waals surface area contributed by atoms with Crippen molar-refractivity contribution >= 4 is 52.2 Å². The highest BCUT2D eigenvalue weighted by Gasteiger charge is 2.25. The van der Waals surface area contributed by atoms with Crippen molar-refractivity contribution in [2.24, 2.45) is 0 Å². The van der Waals surface area contributed by atoms with Crippen LogP contribution >= 0.6 is 12.2 Å². The Labute approximate surface area is 239 Å². The van der Waals surface area contributed by atoms with Gasteiger partial charge in [-0.15, -0.1) is 0 Å². The molecule has 9 heteroatoms. The fourth-order valence-electron chi connectivity index (χ4n) is 4.35.